The second kappa shape index (κ2) is 6.85. The van der Waals surface area contributed by atoms with Gasteiger partial charge in [0, 0.05) is 17.8 Å². The number of nitrogens with zero attached hydrogens (tertiary/aromatic N) is 2. The van der Waals surface area contributed by atoms with Gasteiger partial charge in [0.15, 0.2) is 0 Å². The van der Waals surface area contributed by atoms with Crippen LogP contribution in [-0.2, 0) is 9.59 Å². The molecule has 1 heterocycles. The predicted molar refractivity (Wildman–Crippen MR) is 96.6 cm³/mol. The molecule has 25 heavy (non-hydrogen) atoms. The summed E-state index contributed by atoms with van der Waals surface area (Å²) in [5.74, 6) is -0.979. The van der Waals surface area contributed by atoms with Crippen LogP contribution in [0.5, 0.6) is 0 Å². The number of hydrogen-bond acceptors (Lipinski definition) is 3. The minimum atomic E-state index is -0.604. The van der Waals surface area contributed by atoms with Gasteiger partial charge in [-0.2, -0.15) is 5.26 Å². The van der Waals surface area contributed by atoms with E-state index in [0.29, 0.717) is 23.5 Å². The van der Waals surface area contributed by atoms with Crippen LogP contribution in [0.2, 0.25) is 0 Å². The Labute approximate surface area is 145 Å². The van der Waals surface area contributed by atoms with Crippen molar-refractivity contribution >= 4 is 28.8 Å². The van der Waals surface area contributed by atoms with Gasteiger partial charge in [0.25, 0.3) is 11.8 Å². The maximum Gasteiger partial charge on any atom is 0.267 e. The number of nitriles is 1. The Morgan fingerprint density at radius 2 is 1.84 bits per heavy atom. The molecule has 0 spiro atoms. The number of para-hydroxylation sites is 2. The van der Waals surface area contributed by atoms with Crippen molar-refractivity contribution in [2.24, 2.45) is 0 Å². The largest absolute Gasteiger partial charge is 0.321 e. The fourth-order valence-electron chi connectivity index (χ4n) is 2.77. The average Bonchev–Trinajstić information content (AvgIpc) is 2.90. The summed E-state index contributed by atoms with van der Waals surface area (Å²) in [6.45, 7) is 3.96. The minimum Gasteiger partial charge on any atom is -0.321 e. The van der Waals surface area contributed by atoms with Crippen molar-refractivity contribution in [1.82, 2.24) is 0 Å². The normalized spacial score (nSPS) is 14.5. The molecule has 1 aliphatic heterocycles. The van der Waals surface area contributed by atoms with E-state index in [0.717, 1.165) is 0 Å². The molecule has 1 aliphatic rings. The molecule has 0 fully saturated rings. The molecule has 3 rings (SSSR count). The van der Waals surface area contributed by atoms with Crippen LogP contribution in [0.15, 0.2) is 72.8 Å². The molecule has 5 nitrogen and oxygen atoms in total. The highest BCUT2D eigenvalue weighted by molar-refractivity contribution is 6.37. The second-order valence-electron chi connectivity index (χ2n) is 5.40. The third-order valence-electron chi connectivity index (χ3n) is 3.86. The number of amides is 2. The summed E-state index contributed by atoms with van der Waals surface area (Å²) in [7, 11) is 0. The van der Waals surface area contributed by atoms with E-state index < -0.39 is 5.91 Å². The molecule has 2 aromatic carbocycles. The number of anilines is 2. The summed E-state index contributed by atoms with van der Waals surface area (Å²) in [6, 6.07) is 17.8. The third-order valence-corrected chi connectivity index (χ3v) is 3.86. The van der Waals surface area contributed by atoms with Crippen molar-refractivity contribution in [3.05, 3.63) is 78.4 Å². The Morgan fingerprint density at radius 3 is 2.52 bits per heavy atom. The first kappa shape index (κ1) is 16.2. The molecule has 0 saturated heterocycles. The van der Waals surface area contributed by atoms with Gasteiger partial charge in [0.2, 0.25) is 0 Å². The smallest absolute Gasteiger partial charge is 0.267 e. The maximum absolute atomic E-state index is 12.8. The van der Waals surface area contributed by atoms with E-state index in [-0.39, 0.29) is 17.1 Å². The van der Waals surface area contributed by atoms with Crippen LogP contribution < -0.4 is 10.2 Å². The van der Waals surface area contributed by atoms with Crippen molar-refractivity contribution in [1.29, 1.82) is 5.26 Å². The van der Waals surface area contributed by atoms with E-state index in [1.54, 1.807) is 54.6 Å². The summed E-state index contributed by atoms with van der Waals surface area (Å²) < 4.78 is 0. The lowest BCUT2D eigenvalue weighted by atomic mass is 10.0. The van der Waals surface area contributed by atoms with Gasteiger partial charge >= 0.3 is 0 Å². The summed E-state index contributed by atoms with van der Waals surface area (Å²) in [6.07, 6.45) is 1.60. The molecule has 0 atom stereocenters. The molecule has 0 aliphatic carbocycles. The molecule has 2 aromatic rings. The number of hydrogen-bond donors (Lipinski definition) is 1. The van der Waals surface area contributed by atoms with E-state index >= 15 is 0 Å². The van der Waals surface area contributed by atoms with Gasteiger partial charge in [-0.05, 0) is 18.2 Å². The highest BCUT2D eigenvalue weighted by Crippen LogP contribution is 2.38. The minimum absolute atomic E-state index is 0.119. The van der Waals surface area contributed by atoms with E-state index in [4.69, 9.17) is 0 Å². The van der Waals surface area contributed by atoms with Crippen LogP contribution in [0.1, 0.15) is 5.56 Å². The number of carbonyl (C=O) groups excluding carboxylic acids is 2. The van der Waals surface area contributed by atoms with E-state index in [1.807, 2.05) is 12.1 Å². The highest BCUT2D eigenvalue weighted by Gasteiger charge is 2.35. The quantitative estimate of drug-likeness (QED) is 0.532. The number of rotatable bonds is 4. The zero-order chi connectivity index (χ0) is 17.8. The molecule has 2 amide bonds. The van der Waals surface area contributed by atoms with E-state index in [2.05, 4.69) is 11.9 Å². The standard InChI is InChI=1S/C20H15N3O2/c1-2-12-23-17-11-7-6-10-15(17)18(20(23)25)16(13-21)19(24)22-14-8-4-3-5-9-14/h2-11H,1,12H2,(H,22,24)/b18-16+. The van der Waals surface area contributed by atoms with Crippen molar-refractivity contribution in [2.45, 2.75) is 0 Å². The lowest BCUT2D eigenvalue weighted by Gasteiger charge is -2.14. The zero-order valence-electron chi connectivity index (χ0n) is 13.4. The van der Waals surface area contributed by atoms with Gasteiger partial charge in [0.1, 0.15) is 11.6 Å². The molecule has 0 radical (unpaired) electrons. The Morgan fingerprint density at radius 1 is 1.16 bits per heavy atom. The fraction of sp³-hybridized carbons (Fsp3) is 0.0500. The van der Waals surface area contributed by atoms with E-state index in [1.165, 1.54) is 4.90 Å². The van der Waals surface area contributed by atoms with Crippen LogP contribution in [-0.4, -0.2) is 18.4 Å². The summed E-state index contributed by atoms with van der Waals surface area (Å²) in [4.78, 5) is 26.9. The van der Waals surface area contributed by atoms with Crippen molar-refractivity contribution < 1.29 is 9.59 Å². The molecule has 0 bridgehead atoms. The SMILES string of the molecule is C=CCN1C(=O)/C(=C(\C#N)C(=O)Nc2ccccc2)c2ccccc21. The van der Waals surface area contributed by atoms with Crippen LogP contribution in [0, 0.1) is 11.3 Å². The average molecular weight is 329 g/mol. The molecule has 122 valence electrons. The summed E-state index contributed by atoms with van der Waals surface area (Å²) in [5, 5.41) is 12.2. The molecule has 0 unspecified atom stereocenters. The summed E-state index contributed by atoms with van der Waals surface area (Å²) in [5.41, 5.74) is 1.72. The predicted octanol–water partition coefficient (Wildman–Crippen LogP) is 3.14. The van der Waals surface area contributed by atoms with Crippen LogP contribution >= 0.6 is 0 Å². The van der Waals surface area contributed by atoms with Gasteiger partial charge in [-0.25, -0.2) is 0 Å². The summed E-state index contributed by atoms with van der Waals surface area (Å²) >= 11 is 0. The zero-order valence-corrected chi connectivity index (χ0v) is 13.4. The lowest BCUT2D eigenvalue weighted by molar-refractivity contribution is -0.114. The van der Waals surface area contributed by atoms with Crippen molar-refractivity contribution in [2.75, 3.05) is 16.8 Å². The van der Waals surface area contributed by atoms with Gasteiger partial charge in [-0.15, -0.1) is 6.58 Å². The molecule has 0 aromatic heterocycles. The Kier molecular flexibility index (Phi) is 4.44. The van der Waals surface area contributed by atoms with Crippen molar-refractivity contribution in [3.63, 3.8) is 0 Å². The Hall–Kier alpha value is -3.65. The first-order valence-electron chi connectivity index (χ1n) is 7.70. The first-order chi connectivity index (χ1) is 12.2. The van der Waals surface area contributed by atoms with Gasteiger partial charge < -0.3 is 10.2 Å². The molecule has 5 heteroatoms. The van der Waals surface area contributed by atoms with Crippen LogP contribution in [0.4, 0.5) is 11.4 Å². The molecule has 1 N–H and O–H groups in total. The highest BCUT2D eigenvalue weighted by atomic mass is 16.2. The first-order valence-corrected chi connectivity index (χ1v) is 7.70. The van der Waals surface area contributed by atoms with E-state index in [9.17, 15) is 14.9 Å². The van der Waals surface area contributed by atoms with Crippen molar-refractivity contribution in [3.8, 4) is 6.07 Å². The van der Waals surface area contributed by atoms with Gasteiger partial charge in [-0.1, -0.05) is 42.5 Å². The second-order valence-corrected chi connectivity index (χ2v) is 5.40. The lowest BCUT2D eigenvalue weighted by Crippen LogP contribution is -2.27. The van der Waals surface area contributed by atoms with Gasteiger partial charge in [-0.3, -0.25) is 9.59 Å². The monoisotopic (exact) mass is 329 g/mol. The number of benzene rings is 2. The Bertz CT molecular complexity index is 923. The number of fused-ring (bicyclic) bond motifs is 1. The van der Waals surface area contributed by atoms with Crippen LogP contribution in [0.3, 0.4) is 0 Å². The van der Waals surface area contributed by atoms with Crippen LogP contribution in [0.25, 0.3) is 5.57 Å². The molecular weight excluding hydrogens is 314 g/mol. The molecular formula is C20H15N3O2. The third kappa shape index (κ3) is 2.93. The van der Waals surface area contributed by atoms with Gasteiger partial charge in [0.05, 0.1) is 11.3 Å². The Balaban J connectivity index is 2.07. The number of carbonyl (C=O) groups is 2. The fourth-order valence-corrected chi connectivity index (χ4v) is 2.77. The number of nitrogens with one attached hydrogen (secondary N) is 1. The maximum atomic E-state index is 12.8. The topological polar surface area (TPSA) is 73.2 Å². The molecule has 0 saturated carbocycles.